The van der Waals surface area contributed by atoms with E-state index in [1.165, 1.54) is 86.6 Å². The molecule has 0 spiro atoms. The molecular formula is C60H42N2Si. The standard InChI is InChI=1S/C60H42N2Si/c1-6-21-43(22-7-1)45-25-18-26-47(41-45)61-55-36-17-16-33-51(55)53-34-19-37-56(59(53)61)62-57-42-46(44-23-8-2-9-24-44)39-40-52(57)54-35-20-38-58(60(54)62)63(48-27-10-3-11-28-48,49-29-12-4-13-30-49)50-31-14-5-15-32-50/h1-42H. The second-order valence-corrected chi connectivity index (χ2v) is 20.2. The normalized spacial score (nSPS) is 11.8. The molecule has 0 saturated heterocycles. The number of aromatic nitrogens is 2. The van der Waals surface area contributed by atoms with E-state index in [4.69, 9.17) is 0 Å². The Kier molecular flexibility index (Phi) is 8.87. The van der Waals surface area contributed by atoms with Crippen molar-refractivity contribution >= 4 is 72.4 Å². The molecule has 0 N–H and O–H groups in total. The summed E-state index contributed by atoms with van der Waals surface area (Å²) in [6, 6.07) is 94.4. The van der Waals surface area contributed by atoms with Gasteiger partial charge < -0.3 is 9.13 Å². The van der Waals surface area contributed by atoms with Gasteiger partial charge in [-0.05, 0) is 73.3 Å². The van der Waals surface area contributed by atoms with Crippen molar-refractivity contribution in [2.75, 3.05) is 0 Å². The van der Waals surface area contributed by atoms with Crippen LogP contribution >= 0.6 is 0 Å². The van der Waals surface area contributed by atoms with E-state index in [0.29, 0.717) is 0 Å². The molecule has 0 fully saturated rings. The van der Waals surface area contributed by atoms with Gasteiger partial charge in [-0.1, -0.05) is 224 Å². The molecule has 0 aliphatic rings. The van der Waals surface area contributed by atoms with E-state index < -0.39 is 8.07 Å². The summed E-state index contributed by atoms with van der Waals surface area (Å²) in [5.41, 5.74) is 11.8. The Morgan fingerprint density at radius 3 is 1.35 bits per heavy atom. The van der Waals surface area contributed by atoms with Crippen molar-refractivity contribution in [1.29, 1.82) is 0 Å². The van der Waals surface area contributed by atoms with Crippen LogP contribution in [0.25, 0.3) is 77.2 Å². The molecule has 3 heteroatoms. The highest BCUT2D eigenvalue weighted by Gasteiger charge is 2.43. The van der Waals surface area contributed by atoms with Gasteiger partial charge in [0.1, 0.15) is 0 Å². The molecule has 0 aliphatic carbocycles. The first-order valence-corrected chi connectivity index (χ1v) is 23.8. The Morgan fingerprint density at radius 2 is 0.730 bits per heavy atom. The zero-order valence-corrected chi connectivity index (χ0v) is 35.6. The number of rotatable bonds is 8. The van der Waals surface area contributed by atoms with Crippen LogP contribution in [-0.2, 0) is 0 Å². The molecule has 0 saturated carbocycles. The third-order valence-electron chi connectivity index (χ3n) is 13.0. The zero-order chi connectivity index (χ0) is 41.7. The monoisotopic (exact) mass is 818 g/mol. The number of hydrogen-bond donors (Lipinski definition) is 0. The van der Waals surface area contributed by atoms with Crippen molar-refractivity contribution in [3.63, 3.8) is 0 Å². The van der Waals surface area contributed by atoms with E-state index in [-0.39, 0.29) is 0 Å². The smallest absolute Gasteiger partial charge is 0.181 e. The van der Waals surface area contributed by atoms with Crippen LogP contribution < -0.4 is 20.7 Å². The van der Waals surface area contributed by atoms with Gasteiger partial charge in [0.05, 0.1) is 27.8 Å². The van der Waals surface area contributed by atoms with Gasteiger partial charge in [0, 0.05) is 27.2 Å². The highest BCUT2D eigenvalue weighted by Crippen LogP contribution is 2.41. The molecule has 10 aromatic carbocycles. The third-order valence-corrected chi connectivity index (χ3v) is 17.9. The molecule has 296 valence electrons. The molecule has 2 nitrogen and oxygen atoms in total. The van der Waals surface area contributed by atoms with E-state index in [1.807, 2.05) is 0 Å². The summed E-state index contributed by atoms with van der Waals surface area (Å²) in [5.74, 6) is 0. The van der Waals surface area contributed by atoms with Crippen LogP contribution in [-0.4, -0.2) is 17.2 Å². The fourth-order valence-electron chi connectivity index (χ4n) is 10.4. The quantitative estimate of drug-likeness (QED) is 0.107. The van der Waals surface area contributed by atoms with Crippen LogP contribution in [0, 0.1) is 0 Å². The molecule has 63 heavy (non-hydrogen) atoms. The summed E-state index contributed by atoms with van der Waals surface area (Å²) in [4.78, 5) is 0. The van der Waals surface area contributed by atoms with Crippen molar-refractivity contribution in [2.45, 2.75) is 0 Å². The maximum Gasteiger partial charge on any atom is 0.181 e. The lowest BCUT2D eigenvalue weighted by atomic mass is 10.0. The fourth-order valence-corrected chi connectivity index (χ4v) is 15.3. The molecule has 12 aromatic rings. The predicted molar refractivity (Wildman–Crippen MR) is 270 cm³/mol. The Balaban J connectivity index is 1.28. The Bertz CT molecular complexity index is 3500. The van der Waals surface area contributed by atoms with Crippen LogP contribution in [0.15, 0.2) is 255 Å². The molecule has 0 atom stereocenters. The molecule has 0 unspecified atom stereocenters. The van der Waals surface area contributed by atoms with Crippen LogP contribution in [0.2, 0.25) is 0 Å². The molecule has 0 amide bonds. The molecule has 2 aromatic heterocycles. The maximum absolute atomic E-state index is 3.02. The lowest BCUT2D eigenvalue weighted by Gasteiger charge is -2.35. The molecular weight excluding hydrogens is 777 g/mol. The van der Waals surface area contributed by atoms with Gasteiger partial charge in [-0.25, -0.2) is 0 Å². The summed E-state index contributed by atoms with van der Waals surface area (Å²) in [6.45, 7) is 0. The largest absolute Gasteiger partial charge is 0.307 e. The average Bonchev–Trinajstić information content (AvgIpc) is 3.89. The minimum absolute atomic E-state index is 1.13. The van der Waals surface area contributed by atoms with Gasteiger partial charge >= 0.3 is 0 Å². The van der Waals surface area contributed by atoms with E-state index >= 15 is 0 Å². The van der Waals surface area contributed by atoms with Crippen molar-refractivity contribution in [3.05, 3.63) is 255 Å². The van der Waals surface area contributed by atoms with E-state index in [2.05, 4.69) is 264 Å². The van der Waals surface area contributed by atoms with Gasteiger partial charge in [0.15, 0.2) is 8.07 Å². The van der Waals surface area contributed by atoms with Crippen molar-refractivity contribution in [2.24, 2.45) is 0 Å². The van der Waals surface area contributed by atoms with Crippen molar-refractivity contribution in [1.82, 2.24) is 9.13 Å². The highest BCUT2D eigenvalue weighted by atomic mass is 28.3. The average molecular weight is 819 g/mol. The van der Waals surface area contributed by atoms with Gasteiger partial charge in [-0.15, -0.1) is 0 Å². The van der Waals surface area contributed by atoms with Crippen LogP contribution in [0.1, 0.15) is 0 Å². The second kappa shape index (κ2) is 15.2. The number of nitrogens with zero attached hydrogens (tertiary/aromatic N) is 2. The van der Waals surface area contributed by atoms with Gasteiger partial charge in [0.2, 0.25) is 0 Å². The number of benzene rings is 10. The molecule has 0 aliphatic heterocycles. The number of hydrogen-bond acceptors (Lipinski definition) is 0. The summed E-state index contributed by atoms with van der Waals surface area (Å²) < 4.78 is 5.13. The molecule has 0 radical (unpaired) electrons. The summed E-state index contributed by atoms with van der Waals surface area (Å²) >= 11 is 0. The minimum atomic E-state index is -3.02. The van der Waals surface area contributed by atoms with Gasteiger partial charge in [0.25, 0.3) is 0 Å². The Labute approximate surface area is 368 Å². The highest BCUT2D eigenvalue weighted by molar-refractivity contribution is 7.20. The van der Waals surface area contributed by atoms with Crippen LogP contribution in [0.5, 0.6) is 0 Å². The van der Waals surface area contributed by atoms with Crippen LogP contribution in [0.4, 0.5) is 0 Å². The summed E-state index contributed by atoms with van der Waals surface area (Å²) in [5, 5.41) is 10.3. The number of para-hydroxylation sites is 3. The second-order valence-electron chi connectivity index (χ2n) is 16.4. The minimum Gasteiger partial charge on any atom is -0.307 e. The van der Waals surface area contributed by atoms with Crippen molar-refractivity contribution < 1.29 is 0 Å². The lowest BCUT2D eigenvalue weighted by molar-refractivity contribution is 1.13. The maximum atomic E-state index is 2.63. The summed E-state index contributed by atoms with van der Waals surface area (Å²) in [7, 11) is -3.02. The third kappa shape index (κ3) is 5.85. The predicted octanol–water partition coefficient (Wildman–Crippen LogP) is 12.6. The van der Waals surface area contributed by atoms with Crippen molar-refractivity contribution in [3.8, 4) is 33.6 Å². The summed E-state index contributed by atoms with van der Waals surface area (Å²) in [6.07, 6.45) is 0. The van der Waals surface area contributed by atoms with E-state index in [0.717, 1.165) is 11.4 Å². The van der Waals surface area contributed by atoms with Gasteiger partial charge in [-0.3, -0.25) is 0 Å². The van der Waals surface area contributed by atoms with E-state index in [1.54, 1.807) is 0 Å². The fraction of sp³-hybridized carbons (Fsp3) is 0. The molecule has 0 bridgehead atoms. The van der Waals surface area contributed by atoms with Crippen LogP contribution in [0.3, 0.4) is 0 Å². The number of fused-ring (bicyclic) bond motifs is 6. The van der Waals surface area contributed by atoms with Gasteiger partial charge in [-0.2, -0.15) is 0 Å². The Hall–Kier alpha value is -7.98. The molecule has 2 heterocycles. The first-order chi connectivity index (χ1) is 31.3. The lowest BCUT2D eigenvalue weighted by Crippen LogP contribution is -2.75. The SMILES string of the molecule is c1ccc(-c2cccc(-n3c4ccccc4c4cccc(-n5c6cc(-c7ccccc7)ccc6c6cccc([Si](c7ccccc7)(c7ccccc7)c7ccccc7)c65)c43)c2)cc1. The van der Waals surface area contributed by atoms with E-state index in [9.17, 15) is 0 Å². The Morgan fingerprint density at radius 1 is 0.270 bits per heavy atom. The first kappa shape index (κ1) is 36.8. The molecule has 12 rings (SSSR count). The topological polar surface area (TPSA) is 9.86 Å². The zero-order valence-electron chi connectivity index (χ0n) is 34.6. The first-order valence-electron chi connectivity index (χ1n) is 21.8.